The van der Waals surface area contributed by atoms with Crippen molar-refractivity contribution >= 4 is 40.3 Å². The second-order valence-electron chi connectivity index (χ2n) is 4.25. The Balaban J connectivity index is 1.75. The van der Waals surface area contributed by atoms with E-state index in [9.17, 15) is 4.79 Å². The molecule has 0 radical (unpaired) electrons. The van der Waals surface area contributed by atoms with E-state index < -0.39 is 0 Å². The Morgan fingerprint density at radius 2 is 2.32 bits per heavy atom. The number of carbonyl (C=O) groups excluding carboxylic acids is 1. The summed E-state index contributed by atoms with van der Waals surface area (Å²) in [4.78, 5) is 15.9. The van der Waals surface area contributed by atoms with Gasteiger partial charge < -0.3 is 15.5 Å². The van der Waals surface area contributed by atoms with Gasteiger partial charge in [0, 0.05) is 5.39 Å². The molecule has 2 aromatic heterocycles. The number of H-pyrrole nitrogens is 1. The number of aromatic amines is 1. The Labute approximate surface area is 128 Å². The first-order chi connectivity index (χ1) is 10.7. The summed E-state index contributed by atoms with van der Waals surface area (Å²) in [7, 11) is 0. The maximum absolute atomic E-state index is 12.0. The molecule has 2 heterocycles. The normalized spacial score (nSPS) is 10.5. The van der Waals surface area contributed by atoms with Gasteiger partial charge >= 0.3 is 0 Å². The average molecular weight is 314 g/mol. The molecule has 0 bridgehead atoms. The number of nitrogen functional groups attached to an aromatic ring is 1. The number of nitrogens with one attached hydrogen (secondary N) is 2. The molecule has 1 aromatic carbocycles. The third-order valence-electron chi connectivity index (χ3n) is 2.78. The fourth-order valence-electron chi connectivity index (χ4n) is 1.88. The number of thioether (sulfide) groups is 1. The molecule has 0 unspecified atom stereocenters. The Morgan fingerprint density at radius 1 is 1.50 bits per heavy atom. The third kappa shape index (κ3) is 2.72. The summed E-state index contributed by atoms with van der Waals surface area (Å²) in [6.07, 6.45) is 0. The van der Waals surface area contributed by atoms with Gasteiger partial charge in [0.2, 0.25) is 22.8 Å². The van der Waals surface area contributed by atoms with Crippen molar-refractivity contribution in [3.05, 3.63) is 30.0 Å². The number of furan rings is 1. The number of nitrogens with two attached hydrogens (primary N) is 1. The van der Waals surface area contributed by atoms with Gasteiger partial charge in [0.05, 0.1) is 5.75 Å². The highest BCUT2D eigenvalue weighted by molar-refractivity contribution is 7.99. The molecule has 0 fully saturated rings. The van der Waals surface area contributed by atoms with E-state index in [2.05, 4.69) is 20.5 Å². The topological polar surface area (TPSA) is 134 Å². The number of hydrogen-bond donors (Lipinski definition) is 3. The van der Waals surface area contributed by atoms with Crippen molar-refractivity contribution in [3.8, 4) is 6.07 Å². The van der Waals surface area contributed by atoms with Crippen molar-refractivity contribution in [1.29, 1.82) is 5.26 Å². The summed E-state index contributed by atoms with van der Waals surface area (Å²) in [5.74, 6) is 0.0513. The van der Waals surface area contributed by atoms with Crippen LogP contribution >= 0.6 is 11.8 Å². The third-order valence-corrected chi connectivity index (χ3v) is 3.62. The lowest BCUT2D eigenvalue weighted by Gasteiger charge is -2.02. The average Bonchev–Trinajstić information content (AvgIpc) is 3.09. The molecule has 0 saturated heterocycles. The fraction of sp³-hybridized carbons (Fsp3) is 0.0769. The van der Waals surface area contributed by atoms with Crippen LogP contribution in [0.3, 0.4) is 0 Å². The number of fused-ring (bicyclic) bond motifs is 1. The maximum atomic E-state index is 12.0. The summed E-state index contributed by atoms with van der Waals surface area (Å²) in [5.41, 5.74) is 6.32. The van der Waals surface area contributed by atoms with Gasteiger partial charge in [-0.25, -0.2) is 5.10 Å². The Morgan fingerprint density at radius 3 is 3.05 bits per heavy atom. The van der Waals surface area contributed by atoms with Crippen LogP contribution in [0.5, 0.6) is 0 Å². The SMILES string of the molecule is N#Cc1oc2ccccc2c1NC(=O)CSc1n[nH]c(N)n1. The molecule has 1 amide bonds. The van der Waals surface area contributed by atoms with E-state index in [-0.39, 0.29) is 23.4 Å². The first-order valence-electron chi connectivity index (χ1n) is 6.19. The Kier molecular flexibility index (Phi) is 3.67. The van der Waals surface area contributed by atoms with Gasteiger partial charge in [0.15, 0.2) is 0 Å². The molecular formula is C13H10N6O2S. The zero-order valence-electron chi connectivity index (χ0n) is 11.2. The van der Waals surface area contributed by atoms with E-state index in [0.29, 0.717) is 21.8 Å². The van der Waals surface area contributed by atoms with Crippen molar-refractivity contribution in [3.63, 3.8) is 0 Å². The smallest absolute Gasteiger partial charge is 0.234 e. The van der Waals surface area contributed by atoms with Crippen molar-refractivity contribution in [2.45, 2.75) is 5.16 Å². The van der Waals surface area contributed by atoms with E-state index in [1.54, 1.807) is 24.3 Å². The number of anilines is 2. The van der Waals surface area contributed by atoms with E-state index in [1.165, 1.54) is 0 Å². The number of nitriles is 1. The van der Waals surface area contributed by atoms with Gasteiger partial charge in [-0.2, -0.15) is 10.2 Å². The van der Waals surface area contributed by atoms with Crippen LogP contribution in [0, 0.1) is 11.3 Å². The molecule has 0 atom stereocenters. The molecule has 8 nitrogen and oxygen atoms in total. The predicted octanol–water partition coefficient (Wildman–Crippen LogP) is 1.74. The van der Waals surface area contributed by atoms with Gasteiger partial charge in [-0.1, -0.05) is 23.9 Å². The van der Waals surface area contributed by atoms with Gasteiger partial charge in [-0.05, 0) is 12.1 Å². The van der Waals surface area contributed by atoms with Crippen molar-refractivity contribution in [2.75, 3.05) is 16.8 Å². The number of para-hydroxylation sites is 1. The lowest BCUT2D eigenvalue weighted by atomic mass is 10.2. The van der Waals surface area contributed by atoms with Gasteiger partial charge in [0.1, 0.15) is 17.3 Å². The molecule has 9 heteroatoms. The predicted molar refractivity (Wildman–Crippen MR) is 81.1 cm³/mol. The van der Waals surface area contributed by atoms with Crippen molar-refractivity contribution in [2.24, 2.45) is 0 Å². The van der Waals surface area contributed by atoms with E-state index in [4.69, 9.17) is 15.4 Å². The maximum Gasteiger partial charge on any atom is 0.234 e. The van der Waals surface area contributed by atoms with Crippen molar-refractivity contribution < 1.29 is 9.21 Å². The van der Waals surface area contributed by atoms with Crippen molar-refractivity contribution in [1.82, 2.24) is 15.2 Å². The van der Waals surface area contributed by atoms with E-state index in [1.807, 2.05) is 6.07 Å². The Bertz CT molecular complexity index is 878. The number of aromatic nitrogens is 3. The lowest BCUT2D eigenvalue weighted by Crippen LogP contribution is -2.14. The first kappa shape index (κ1) is 14.0. The quantitative estimate of drug-likeness (QED) is 0.624. The van der Waals surface area contributed by atoms with Gasteiger partial charge in [0.25, 0.3) is 0 Å². The minimum Gasteiger partial charge on any atom is -0.443 e. The minimum absolute atomic E-state index is 0.0710. The Hall–Kier alpha value is -2.99. The summed E-state index contributed by atoms with van der Waals surface area (Å²) < 4.78 is 5.39. The van der Waals surface area contributed by atoms with Gasteiger partial charge in [-0.3, -0.25) is 4.79 Å². The standard InChI is InChI=1S/C13H10N6O2S/c14-5-9-11(7-3-1-2-4-8(7)21-9)16-10(20)6-22-13-17-12(15)18-19-13/h1-4H,6H2,(H,16,20)(H3,15,17,18,19). The van der Waals surface area contributed by atoms with Crippen LogP contribution in [0.25, 0.3) is 11.0 Å². The van der Waals surface area contributed by atoms with Crippen LogP contribution in [0.15, 0.2) is 33.8 Å². The van der Waals surface area contributed by atoms with Crippen LogP contribution in [0.4, 0.5) is 11.6 Å². The van der Waals surface area contributed by atoms with Crippen LogP contribution in [0.2, 0.25) is 0 Å². The van der Waals surface area contributed by atoms with Crippen LogP contribution in [0.1, 0.15) is 5.76 Å². The molecule has 3 rings (SSSR count). The monoisotopic (exact) mass is 314 g/mol. The highest BCUT2D eigenvalue weighted by Crippen LogP contribution is 2.30. The second kappa shape index (κ2) is 5.79. The fourth-order valence-corrected chi connectivity index (χ4v) is 2.48. The number of benzene rings is 1. The number of hydrogen-bond acceptors (Lipinski definition) is 7. The molecule has 0 aliphatic rings. The molecular weight excluding hydrogens is 304 g/mol. The summed E-state index contributed by atoms with van der Waals surface area (Å²) in [6.45, 7) is 0. The number of carbonyl (C=O) groups is 1. The zero-order chi connectivity index (χ0) is 15.5. The molecule has 0 spiro atoms. The summed E-state index contributed by atoms with van der Waals surface area (Å²) >= 11 is 1.13. The van der Waals surface area contributed by atoms with E-state index in [0.717, 1.165) is 11.8 Å². The molecule has 0 aliphatic heterocycles. The molecule has 110 valence electrons. The molecule has 4 N–H and O–H groups in total. The van der Waals surface area contributed by atoms with E-state index >= 15 is 0 Å². The second-order valence-corrected chi connectivity index (χ2v) is 5.20. The lowest BCUT2D eigenvalue weighted by molar-refractivity contribution is -0.113. The van der Waals surface area contributed by atoms with Crippen LogP contribution in [-0.4, -0.2) is 26.8 Å². The number of nitrogens with zero attached hydrogens (tertiary/aromatic N) is 3. The number of amides is 1. The largest absolute Gasteiger partial charge is 0.443 e. The molecule has 22 heavy (non-hydrogen) atoms. The molecule has 0 aliphatic carbocycles. The molecule has 0 saturated carbocycles. The van der Waals surface area contributed by atoms with Crippen LogP contribution < -0.4 is 11.1 Å². The highest BCUT2D eigenvalue weighted by Gasteiger charge is 2.16. The molecule has 3 aromatic rings. The highest BCUT2D eigenvalue weighted by atomic mass is 32.2. The summed E-state index contributed by atoms with van der Waals surface area (Å²) in [6, 6.07) is 9.04. The van der Waals surface area contributed by atoms with Crippen LogP contribution in [-0.2, 0) is 4.79 Å². The first-order valence-corrected chi connectivity index (χ1v) is 7.18. The number of rotatable bonds is 4. The van der Waals surface area contributed by atoms with Gasteiger partial charge in [-0.15, -0.1) is 5.10 Å². The summed E-state index contributed by atoms with van der Waals surface area (Å²) in [5, 5.41) is 19.2. The zero-order valence-corrected chi connectivity index (χ0v) is 12.0. The minimum atomic E-state index is -0.295.